The van der Waals surface area contributed by atoms with Gasteiger partial charge in [0.25, 0.3) is 0 Å². The molecular weight excluding hydrogens is 793 g/mol. The van der Waals surface area contributed by atoms with Crippen molar-refractivity contribution < 1.29 is 33.9 Å². The van der Waals surface area contributed by atoms with Crippen LogP contribution in [0.25, 0.3) is 0 Å². The van der Waals surface area contributed by atoms with Crippen LogP contribution in [-0.2, 0) is 23.7 Å². The molecule has 0 radical (unpaired) electrons. The second-order valence-corrected chi connectivity index (χ2v) is 17.6. The number of allylic oxidation sites excluding steroid dienone is 6. The zero-order valence-corrected chi connectivity index (χ0v) is 44.8. The van der Waals surface area contributed by atoms with Crippen molar-refractivity contribution in [2.24, 2.45) is 0 Å². The van der Waals surface area contributed by atoms with Crippen molar-refractivity contribution in [1.29, 1.82) is 0 Å². The summed E-state index contributed by atoms with van der Waals surface area (Å²) in [6, 6.07) is 0. The predicted molar refractivity (Wildman–Crippen MR) is 279 cm³/mol. The second-order valence-electron chi connectivity index (χ2n) is 17.6. The van der Waals surface area contributed by atoms with Crippen molar-refractivity contribution in [3.8, 4) is 0 Å². The monoisotopic (exact) mass is 909 g/mol. The molecule has 0 fully saturated rings. The maximum atomic E-state index is 8.66. The summed E-state index contributed by atoms with van der Waals surface area (Å²) >= 11 is 0.750. The van der Waals surface area contributed by atoms with E-state index in [2.05, 4.69) is 78.0 Å². The molecule has 0 saturated heterocycles. The van der Waals surface area contributed by atoms with Gasteiger partial charge >= 0.3 is 23.7 Å². The van der Waals surface area contributed by atoms with Gasteiger partial charge in [-0.05, 0) is 89.9 Å². The van der Waals surface area contributed by atoms with E-state index in [-0.39, 0.29) is 0 Å². The fourth-order valence-electron chi connectivity index (χ4n) is 7.01. The van der Waals surface area contributed by atoms with Crippen LogP contribution in [0.15, 0.2) is 36.5 Å². The SMILES string of the molecule is CCCCCCCC/C=C\CCCCCCCCO.CCCCO.[CH2-]CCCCCCC/C=C\CCCCCCCC.[CH2-]CCCCCCC/C=C\CCCCCCCC.[O]=[Ti+2]. The van der Waals surface area contributed by atoms with E-state index in [1.54, 1.807) is 0 Å². The Morgan fingerprint density at radius 3 is 0.629 bits per heavy atom. The summed E-state index contributed by atoms with van der Waals surface area (Å²) in [5.74, 6) is 0. The molecule has 0 spiro atoms. The van der Waals surface area contributed by atoms with Crippen LogP contribution < -0.4 is 0 Å². The Hall–Kier alpha value is -0.346. The first-order valence-corrected chi connectivity index (χ1v) is 28.3. The van der Waals surface area contributed by atoms with Crippen LogP contribution in [0.4, 0.5) is 0 Å². The van der Waals surface area contributed by atoms with Crippen LogP contribution in [0.2, 0.25) is 0 Å². The quantitative estimate of drug-likeness (QED) is 0.0277. The van der Waals surface area contributed by atoms with Crippen molar-refractivity contribution in [3.05, 3.63) is 50.3 Å². The third-order valence-electron chi connectivity index (χ3n) is 11.2. The normalized spacial score (nSPS) is 10.9. The molecule has 0 aliphatic carbocycles. The van der Waals surface area contributed by atoms with Crippen LogP contribution in [0.5, 0.6) is 0 Å². The van der Waals surface area contributed by atoms with E-state index < -0.39 is 0 Å². The van der Waals surface area contributed by atoms with Crippen molar-refractivity contribution in [2.75, 3.05) is 13.2 Å². The van der Waals surface area contributed by atoms with Gasteiger partial charge in [0.2, 0.25) is 0 Å². The van der Waals surface area contributed by atoms with E-state index >= 15 is 0 Å². The molecule has 2 N–H and O–H groups in total. The number of rotatable bonds is 45. The molecule has 3 nitrogen and oxygen atoms in total. The van der Waals surface area contributed by atoms with E-state index in [0.29, 0.717) is 13.2 Å². The average Bonchev–Trinajstić information content (AvgIpc) is 3.29. The van der Waals surface area contributed by atoms with Gasteiger partial charge in [0.05, 0.1) is 0 Å². The standard InChI is InChI=1S/C18H36O.2C18H35.C4H10O.O.Ti/c1-2-3-4-5-6-7-8-9-10-11-12-13-14-15-16-17-18-19;2*1-3-5-7-9-11-13-15-17-18-16-14-12-10-8-6-4-2;1-2-3-4-5;;/h9-10,19H,2-8,11-18H2,1H3;2*17-18H,1,3-16H2,2H3;5H,2-4H2,1H3;;/q;2*-1;;;+2/b10-9-;2*18-17-;;;. The van der Waals surface area contributed by atoms with Gasteiger partial charge in [-0.2, -0.15) is 12.8 Å². The van der Waals surface area contributed by atoms with Crippen LogP contribution >= 0.6 is 0 Å². The molecule has 0 amide bonds. The van der Waals surface area contributed by atoms with E-state index in [1.807, 2.05) is 0 Å². The van der Waals surface area contributed by atoms with E-state index in [0.717, 1.165) is 52.5 Å². The summed E-state index contributed by atoms with van der Waals surface area (Å²) in [7, 11) is 0. The minimum atomic E-state index is 0.344. The minimum absolute atomic E-state index is 0.344. The average molecular weight is 909 g/mol. The first kappa shape index (κ1) is 70.7. The fourth-order valence-corrected chi connectivity index (χ4v) is 7.01. The second kappa shape index (κ2) is 80.9. The van der Waals surface area contributed by atoms with Gasteiger partial charge in [0.15, 0.2) is 0 Å². The van der Waals surface area contributed by atoms with Gasteiger partial charge < -0.3 is 24.1 Å². The van der Waals surface area contributed by atoms with Gasteiger partial charge in [-0.25, -0.2) is 0 Å². The topological polar surface area (TPSA) is 57.5 Å². The van der Waals surface area contributed by atoms with Crippen LogP contribution in [0.3, 0.4) is 0 Å². The Kier molecular flexibility index (Phi) is 92.2. The summed E-state index contributed by atoms with van der Waals surface area (Å²) in [5.41, 5.74) is 0. The third kappa shape index (κ3) is 90.4. The molecule has 0 aromatic carbocycles. The molecule has 0 unspecified atom stereocenters. The predicted octanol–water partition coefficient (Wildman–Crippen LogP) is 20.4. The number of unbranched alkanes of at least 4 members (excludes halogenated alkanes) is 37. The number of hydrogen-bond acceptors (Lipinski definition) is 3. The molecule has 0 aliphatic heterocycles. The van der Waals surface area contributed by atoms with E-state index in [1.165, 1.54) is 250 Å². The van der Waals surface area contributed by atoms with Gasteiger partial charge in [-0.3, -0.25) is 0 Å². The van der Waals surface area contributed by atoms with Crippen molar-refractivity contribution in [2.45, 2.75) is 310 Å². The molecule has 62 heavy (non-hydrogen) atoms. The molecule has 0 atom stereocenters. The summed E-state index contributed by atoms with van der Waals surface area (Å²) in [5, 5.41) is 16.7. The Balaban J connectivity index is -0.000000243. The van der Waals surface area contributed by atoms with E-state index in [4.69, 9.17) is 13.5 Å². The van der Waals surface area contributed by atoms with Gasteiger partial charge in [-0.1, -0.05) is 244 Å². The fraction of sp³-hybridized carbons (Fsp3) is 0.862. The summed E-state index contributed by atoms with van der Waals surface area (Å²) in [6.07, 6.45) is 72.9. The molecule has 0 saturated carbocycles. The van der Waals surface area contributed by atoms with Crippen LogP contribution in [-0.4, -0.2) is 23.4 Å². The Morgan fingerprint density at radius 2 is 0.452 bits per heavy atom. The molecule has 0 heterocycles. The summed E-state index contributed by atoms with van der Waals surface area (Å²) < 4.78 is 8.25. The third-order valence-corrected chi connectivity index (χ3v) is 11.2. The summed E-state index contributed by atoms with van der Waals surface area (Å²) in [6.45, 7) is 17.3. The molecule has 0 aromatic heterocycles. The first-order valence-electron chi connectivity index (χ1n) is 27.6. The van der Waals surface area contributed by atoms with Crippen molar-refractivity contribution in [1.82, 2.24) is 0 Å². The zero-order chi connectivity index (χ0) is 46.8. The van der Waals surface area contributed by atoms with Crippen molar-refractivity contribution in [3.63, 3.8) is 0 Å². The molecule has 4 heteroatoms. The zero-order valence-electron chi connectivity index (χ0n) is 43.2. The molecule has 370 valence electrons. The number of hydrogen-bond donors (Lipinski definition) is 2. The number of aliphatic hydroxyl groups is 2. The molecule has 0 bridgehead atoms. The van der Waals surface area contributed by atoms with Gasteiger partial charge in [0, 0.05) is 13.2 Å². The van der Waals surface area contributed by atoms with Gasteiger partial charge in [0.1, 0.15) is 0 Å². The Morgan fingerprint density at radius 1 is 0.274 bits per heavy atom. The van der Waals surface area contributed by atoms with Crippen LogP contribution in [0.1, 0.15) is 310 Å². The van der Waals surface area contributed by atoms with Crippen molar-refractivity contribution >= 4 is 0 Å². The maximum absolute atomic E-state index is 8.66. The molecular formula is C58H116O3Ti. The van der Waals surface area contributed by atoms with E-state index in [9.17, 15) is 0 Å². The number of aliphatic hydroxyl groups excluding tert-OH is 2. The molecule has 0 aliphatic rings. The van der Waals surface area contributed by atoms with Crippen LogP contribution in [0, 0.1) is 13.8 Å². The Bertz CT molecular complexity index is 675. The first-order chi connectivity index (χ1) is 30.7. The van der Waals surface area contributed by atoms with Gasteiger partial charge in [-0.15, -0.1) is 0 Å². The molecule has 0 rings (SSSR count). The molecule has 0 aromatic rings. The Labute approximate surface area is 405 Å². The summed E-state index contributed by atoms with van der Waals surface area (Å²) in [4.78, 5) is 0.